The van der Waals surface area contributed by atoms with Crippen LogP contribution in [0.4, 0.5) is 0 Å². The van der Waals surface area contributed by atoms with E-state index in [9.17, 15) is 4.79 Å². The van der Waals surface area contributed by atoms with Gasteiger partial charge in [-0.3, -0.25) is 4.79 Å². The van der Waals surface area contributed by atoms with Crippen molar-refractivity contribution >= 4 is 16.8 Å². The predicted molar refractivity (Wildman–Crippen MR) is 66.7 cm³/mol. The molecule has 0 saturated heterocycles. The van der Waals surface area contributed by atoms with E-state index in [1.165, 1.54) is 0 Å². The molecule has 2 rings (SSSR count). The molecule has 16 heavy (non-hydrogen) atoms. The summed E-state index contributed by atoms with van der Waals surface area (Å²) in [4.78, 5) is 10.4. The minimum absolute atomic E-state index is 0. The Kier molecular flexibility index (Phi) is 7.76. The van der Waals surface area contributed by atoms with Gasteiger partial charge in [0.25, 0.3) is 5.24 Å². The number of rotatable bonds is 1. The molecule has 2 nitrogen and oxygen atoms in total. The number of halogens is 1. The van der Waals surface area contributed by atoms with Gasteiger partial charge in [-0.15, -0.1) is 0 Å². The molecule has 84 valence electrons. The van der Waals surface area contributed by atoms with Gasteiger partial charge in [0.2, 0.25) is 0 Å². The van der Waals surface area contributed by atoms with Crippen LogP contribution in [0.2, 0.25) is 0 Å². The predicted octanol–water partition coefficient (Wildman–Crippen LogP) is 2.93. The zero-order chi connectivity index (χ0) is 10.9. The van der Waals surface area contributed by atoms with Gasteiger partial charge in [-0.25, -0.2) is 0 Å². The highest BCUT2D eigenvalue weighted by atomic mass is 35.5. The third-order valence-electron chi connectivity index (χ3n) is 1.67. The van der Waals surface area contributed by atoms with Crippen molar-refractivity contribution in [3.63, 3.8) is 0 Å². The SMILES string of the molecule is O.O=C(Cl)c1ccccc1.c1ccccc1. The summed E-state index contributed by atoms with van der Waals surface area (Å²) >= 11 is 5.16. The Balaban J connectivity index is 0.000000283. The second-order valence-corrected chi connectivity index (χ2v) is 3.14. The molecule has 0 heterocycles. The topological polar surface area (TPSA) is 48.6 Å². The van der Waals surface area contributed by atoms with Gasteiger partial charge in [-0.05, 0) is 11.6 Å². The van der Waals surface area contributed by atoms with Gasteiger partial charge in [0, 0.05) is 5.56 Å². The van der Waals surface area contributed by atoms with Crippen LogP contribution < -0.4 is 0 Å². The van der Waals surface area contributed by atoms with Crippen molar-refractivity contribution in [3.8, 4) is 0 Å². The number of hydrogen-bond acceptors (Lipinski definition) is 1. The first-order chi connectivity index (χ1) is 7.30. The second kappa shape index (κ2) is 8.65. The van der Waals surface area contributed by atoms with Crippen LogP contribution >= 0.6 is 11.6 Å². The second-order valence-electron chi connectivity index (χ2n) is 2.79. The van der Waals surface area contributed by atoms with Gasteiger partial charge in [0.15, 0.2) is 0 Å². The summed E-state index contributed by atoms with van der Waals surface area (Å²) in [5, 5.41) is -0.407. The molecule has 0 radical (unpaired) electrons. The van der Waals surface area contributed by atoms with Gasteiger partial charge in [-0.2, -0.15) is 0 Å². The van der Waals surface area contributed by atoms with Crippen molar-refractivity contribution in [2.45, 2.75) is 0 Å². The largest absolute Gasteiger partial charge is 0.412 e. The number of carbonyl (C=O) groups excluding carboxylic acids is 1. The highest BCUT2D eigenvalue weighted by Crippen LogP contribution is 2.01. The standard InChI is InChI=1S/C7H5ClO.C6H6.H2O/c8-7(9)6-4-2-1-3-5-6;1-2-4-6-5-3-1;/h1-5H;1-6H;1H2. The third kappa shape index (κ3) is 5.96. The van der Waals surface area contributed by atoms with Crippen molar-refractivity contribution in [2.75, 3.05) is 0 Å². The van der Waals surface area contributed by atoms with Crippen molar-refractivity contribution in [2.24, 2.45) is 0 Å². The molecule has 2 aromatic rings. The monoisotopic (exact) mass is 236 g/mol. The van der Waals surface area contributed by atoms with Gasteiger partial charge in [0.1, 0.15) is 0 Å². The van der Waals surface area contributed by atoms with Crippen molar-refractivity contribution in [1.82, 2.24) is 0 Å². The highest BCUT2D eigenvalue weighted by molar-refractivity contribution is 6.67. The smallest absolute Gasteiger partial charge is 0.252 e. The summed E-state index contributed by atoms with van der Waals surface area (Å²) in [6.07, 6.45) is 0. The first kappa shape index (κ1) is 14.4. The van der Waals surface area contributed by atoms with Crippen LogP contribution in [0.25, 0.3) is 0 Å². The first-order valence-corrected chi connectivity index (χ1v) is 4.93. The average Bonchev–Trinajstić information content (AvgIpc) is 2.33. The van der Waals surface area contributed by atoms with Gasteiger partial charge in [-0.1, -0.05) is 66.7 Å². The maximum absolute atomic E-state index is 10.4. The van der Waals surface area contributed by atoms with E-state index in [1.54, 1.807) is 24.3 Å². The van der Waals surface area contributed by atoms with Crippen LogP contribution in [-0.2, 0) is 0 Å². The van der Waals surface area contributed by atoms with E-state index in [4.69, 9.17) is 11.6 Å². The molecule has 3 heteroatoms. The normalized spacial score (nSPS) is 8.06. The van der Waals surface area contributed by atoms with E-state index in [2.05, 4.69) is 0 Å². The Morgan fingerprint density at radius 1 is 0.750 bits per heavy atom. The van der Waals surface area contributed by atoms with E-state index >= 15 is 0 Å². The zero-order valence-corrected chi connectivity index (χ0v) is 9.39. The van der Waals surface area contributed by atoms with E-state index in [0.29, 0.717) is 5.56 Å². The zero-order valence-electron chi connectivity index (χ0n) is 8.64. The Bertz CT molecular complexity index is 360. The molecule has 0 atom stereocenters. The van der Waals surface area contributed by atoms with Crippen LogP contribution in [0, 0.1) is 0 Å². The molecule has 0 aromatic heterocycles. The fourth-order valence-corrected chi connectivity index (χ4v) is 1.08. The maximum atomic E-state index is 10.4. The lowest BCUT2D eigenvalue weighted by molar-refractivity contribution is 0.108. The van der Waals surface area contributed by atoms with Gasteiger partial charge in [0.05, 0.1) is 0 Å². The van der Waals surface area contributed by atoms with Crippen LogP contribution in [0.3, 0.4) is 0 Å². The summed E-state index contributed by atoms with van der Waals surface area (Å²) in [6, 6.07) is 20.7. The molecule has 0 fully saturated rings. The van der Waals surface area contributed by atoms with E-state index in [-0.39, 0.29) is 5.48 Å². The van der Waals surface area contributed by atoms with Crippen molar-refractivity contribution in [3.05, 3.63) is 72.3 Å². The number of hydrogen-bond donors (Lipinski definition) is 0. The van der Waals surface area contributed by atoms with Crippen LogP contribution in [0.5, 0.6) is 0 Å². The molecule has 2 aromatic carbocycles. The fraction of sp³-hybridized carbons (Fsp3) is 0. The number of benzene rings is 2. The molecule has 0 saturated carbocycles. The van der Waals surface area contributed by atoms with E-state index in [1.807, 2.05) is 42.5 Å². The molecule has 0 aliphatic heterocycles. The fourth-order valence-electron chi connectivity index (χ4n) is 0.954. The van der Waals surface area contributed by atoms with Crippen LogP contribution in [0.1, 0.15) is 10.4 Å². The number of carbonyl (C=O) groups is 1. The summed E-state index contributed by atoms with van der Waals surface area (Å²) in [6.45, 7) is 0. The van der Waals surface area contributed by atoms with E-state index < -0.39 is 5.24 Å². The summed E-state index contributed by atoms with van der Waals surface area (Å²) in [5.74, 6) is 0. The molecule has 0 spiro atoms. The lowest BCUT2D eigenvalue weighted by Crippen LogP contribution is -1.84. The minimum Gasteiger partial charge on any atom is -0.412 e. The molecular formula is C13H13ClO2. The minimum atomic E-state index is -0.407. The summed E-state index contributed by atoms with van der Waals surface area (Å²) in [7, 11) is 0. The lowest BCUT2D eigenvalue weighted by atomic mass is 10.2. The first-order valence-electron chi connectivity index (χ1n) is 4.55. The van der Waals surface area contributed by atoms with Crippen molar-refractivity contribution in [1.29, 1.82) is 0 Å². The molecule has 2 N–H and O–H groups in total. The molecule has 0 unspecified atom stereocenters. The Labute approximate surface area is 99.8 Å². The van der Waals surface area contributed by atoms with Crippen molar-refractivity contribution < 1.29 is 10.3 Å². The quantitative estimate of drug-likeness (QED) is 0.703. The third-order valence-corrected chi connectivity index (χ3v) is 1.89. The van der Waals surface area contributed by atoms with Crippen LogP contribution in [-0.4, -0.2) is 10.7 Å². The van der Waals surface area contributed by atoms with Crippen LogP contribution in [0.15, 0.2) is 66.7 Å². The Morgan fingerprint density at radius 2 is 1.06 bits per heavy atom. The highest BCUT2D eigenvalue weighted by Gasteiger charge is 1.95. The summed E-state index contributed by atoms with van der Waals surface area (Å²) in [5.41, 5.74) is 0.541. The Morgan fingerprint density at radius 3 is 1.31 bits per heavy atom. The van der Waals surface area contributed by atoms with Gasteiger partial charge < -0.3 is 5.48 Å². The Hall–Kier alpha value is -1.64. The average molecular weight is 237 g/mol. The molecular weight excluding hydrogens is 224 g/mol. The molecule has 0 aliphatic rings. The lowest BCUT2D eigenvalue weighted by Gasteiger charge is -1.87. The van der Waals surface area contributed by atoms with E-state index in [0.717, 1.165) is 0 Å². The maximum Gasteiger partial charge on any atom is 0.252 e. The molecule has 0 amide bonds. The molecule has 0 aliphatic carbocycles. The summed E-state index contributed by atoms with van der Waals surface area (Å²) < 4.78 is 0. The van der Waals surface area contributed by atoms with Gasteiger partial charge >= 0.3 is 0 Å². The molecule has 0 bridgehead atoms.